The first-order valence-electron chi connectivity index (χ1n) is 6.77. The van der Waals surface area contributed by atoms with E-state index in [1.165, 1.54) is 0 Å². The number of aromatic nitrogens is 2. The molecule has 2 N–H and O–H groups in total. The first-order valence-corrected chi connectivity index (χ1v) is 7.53. The summed E-state index contributed by atoms with van der Waals surface area (Å²) in [6, 6.07) is 5.46. The number of halogens is 2. The molecular weight excluding hydrogens is 307 g/mol. The van der Waals surface area contributed by atoms with Crippen molar-refractivity contribution in [1.29, 1.82) is 0 Å². The van der Waals surface area contributed by atoms with E-state index in [0.717, 1.165) is 29.9 Å². The van der Waals surface area contributed by atoms with Crippen LogP contribution in [0.4, 0.5) is 0 Å². The zero-order valence-corrected chi connectivity index (χ0v) is 14.0. The van der Waals surface area contributed by atoms with Crippen LogP contribution in [0.5, 0.6) is 0 Å². The van der Waals surface area contributed by atoms with Crippen molar-refractivity contribution in [2.24, 2.45) is 5.73 Å². The fraction of sp³-hybridized carbons (Fsp3) is 0.400. The van der Waals surface area contributed by atoms with Crippen molar-refractivity contribution >= 4 is 23.2 Å². The number of nitrogens with two attached hydrogens (primary N) is 1. The minimum absolute atomic E-state index is 0.393. The smallest absolute Gasteiger partial charge is 0.0837 e. The number of rotatable bonds is 5. The van der Waals surface area contributed by atoms with Crippen LogP contribution in [-0.2, 0) is 6.54 Å². The van der Waals surface area contributed by atoms with Crippen LogP contribution in [0.3, 0.4) is 0 Å². The highest BCUT2D eigenvalue weighted by atomic mass is 35.5. The van der Waals surface area contributed by atoms with Crippen LogP contribution in [0.1, 0.15) is 22.9 Å². The third kappa shape index (κ3) is 3.77. The molecule has 6 heteroatoms. The number of hydrogen-bond donors (Lipinski definition) is 1. The van der Waals surface area contributed by atoms with Crippen molar-refractivity contribution < 1.29 is 0 Å². The number of benzene rings is 1. The molecule has 0 saturated heterocycles. The van der Waals surface area contributed by atoms with Gasteiger partial charge in [-0.3, -0.25) is 4.68 Å². The van der Waals surface area contributed by atoms with Crippen molar-refractivity contribution in [3.63, 3.8) is 0 Å². The Morgan fingerprint density at radius 3 is 2.62 bits per heavy atom. The molecule has 0 amide bonds. The van der Waals surface area contributed by atoms with Crippen LogP contribution in [0.15, 0.2) is 24.4 Å². The molecule has 0 bridgehead atoms. The molecule has 21 heavy (non-hydrogen) atoms. The van der Waals surface area contributed by atoms with Crippen molar-refractivity contribution in [2.75, 3.05) is 20.6 Å². The summed E-state index contributed by atoms with van der Waals surface area (Å²) in [4.78, 5) is 2.09. The first-order chi connectivity index (χ1) is 9.90. The summed E-state index contributed by atoms with van der Waals surface area (Å²) in [5.74, 6) is 0. The number of aryl methyl sites for hydroxylation is 1. The highest BCUT2D eigenvalue weighted by Crippen LogP contribution is 2.31. The van der Waals surface area contributed by atoms with E-state index in [-0.39, 0.29) is 0 Å². The summed E-state index contributed by atoms with van der Waals surface area (Å²) in [6.45, 7) is 3.58. The lowest BCUT2D eigenvalue weighted by atomic mass is 10.0. The zero-order valence-electron chi connectivity index (χ0n) is 12.5. The zero-order chi connectivity index (χ0) is 15.6. The SMILES string of the molecule is Cc1ccc(C(N)c2c(Cl)cnn2CCN(C)C)c(Cl)c1. The molecule has 2 aromatic rings. The molecule has 1 aromatic heterocycles. The van der Waals surface area contributed by atoms with E-state index in [2.05, 4.69) is 10.00 Å². The van der Waals surface area contributed by atoms with E-state index in [9.17, 15) is 0 Å². The molecular formula is C15H20Cl2N4. The van der Waals surface area contributed by atoms with Gasteiger partial charge in [0.2, 0.25) is 0 Å². The maximum atomic E-state index is 6.38. The average Bonchev–Trinajstić information content (AvgIpc) is 2.77. The van der Waals surface area contributed by atoms with Crippen LogP contribution < -0.4 is 5.73 Å². The van der Waals surface area contributed by atoms with E-state index in [0.29, 0.717) is 10.0 Å². The molecule has 1 unspecified atom stereocenters. The van der Waals surface area contributed by atoms with E-state index in [4.69, 9.17) is 28.9 Å². The molecule has 0 radical (unpaired) electrons. The molecule has 1 atom stereocenters. The van der Waals surface area contributed by atoms with E-state index in [1.54, 1.807) is 6.20 Å². The third-order valence-electron chi connectivity index (χ3n) is 3.38. The van der Waals surface area contributed by atoms with Crippen molar-refractivity contribution in [3.05, 3.63) is 51.3 Å². The molecule has 2 rings (SSSR count). The maximum absolute atomic E-state index is 6.38. The molecule has 0 fully saturated rings. The largest absolute Gasteiger partial charge is 0.319 e. The van der Waals surface area contributed by atoms with Gasteiger partial charge < -0.3 is 10.6 Å². The Hall–Kier alpha value is -1.07. The van der Waals surface area contributed by atoms with Gasteiger partial charge >= 0.3 is 0 Å². The second-order valence-electron chi connectivity index (χ2n) is 5.41. The number of likely N-dealkylation sites (N-methyl/N-ethyl adjacent to an activating group) is 1. The Morgan fingerprint density at radius 2 is 2.00 bits per heavy atom. The minimum Gasteiger partial charge on any atom is -0.319 e. The normalized spacial score (nSPS) is 12.9. The monoisotopic (exact) mass is 326 g/mol. The molecule has 0 spiro atoms. The van der Waals surface area contributed by atoms with Gasteiger partial charge in [-0.05, 0) is 38.2 Å². The number of nitrogens with zero attached hydrogens (tertiary/aromatic N) is 3. The van der Waals surface area contributed by atoms with Crippen molar-refractivity contribution in [3.8, 4) is 0 Å². The first kappa shape index (κ1) is 16.3. The summed E-state index contributed by atoms with van der Waals surface area (Å²) in [5, 5.41) is 5.54. The summed E-state index contributed by atoms with van der Waals surface area (Å²) in [7, 11) is 4.03. The van der Waals surface area contributed by atoms with Gasteiger partial charge in [-0.25, -0.2) is 0 Å². The Morgan fingerprint density at radius 1 is 1.29 bits per heavy atom. The number of hydrogen-bond acceptors (Lipinski definition) is 3. The Balaban J connectivity index is 2.34. The molecule has 114 valence electrons. The maximum Gasteiger partial charge on any atom is 0.0837 e. The lowest BCUT2D eigenvalue weighted by Crippen LogP contribution is -2.23. The minimum atomic E-state index is -0.393. The highest BCUT2D eigenvalue weighted by Gasteiger charge is 2.20. The topological polar surface area (TPSA) is 47.1 Å². The third-order valence-corrected chi connectivity index (χ3v) is 4.00. The predicted molar refractivity (Wildman–Crippen MR) is 88.0 cm³/mol. The molecule has 1 aromatic carbocycles. The molecule has 1 heterocycles. The molecule has 0 aliphatic heterocycles. The molecule has 0 aliphatic carbocycles. The van der Waals surface area contributed by atoms with Crippen LogP contribution in [0.2, 0.25) is 10.0 Å². The Kier molecular flexibility index (Phi) is 5.27. The quantitative estimate of drug-likeness (QED) is 0.918. The summed E-state index contributed by atoms with van der Waals surface area (Å²) >= 11 is 12.6. The fourth-order valence-corrected chi connectivity index (χ4v) is 2.80. The van der Waals surface area contributed by atoms with Gasteiger partial charge in [-0.15, -0.1) is 0 Å². The van der Waals surface area contributed by atoms with Gasteiger partial charge in [0.05, 0.1) is 29.5 Å². The molecule has 0 aliphatic rings. The van der Waals surface area contributed by atoms with Crippen LogP contribution >= 0.6 is 23.2 Å². The Labute approximate surface area is 135 Å². The summed E-state index contributed by atoms with van der Waals surface area (Å²) in [5.41, 5.74) is 9.13. The van der Waals surface area contributed by atoms with E-state index >= 15 is 0 Å². The van der Waals surface area contributed by atoms with Gasteiger partial charge in [0.25, 0.3) is 0 Å². The van der Waals surface area contributed by atoms with Crippen LogP contribution in [0.25, 0.3) is 0 Å². The second-order valence-corrected chi connectivity index (χ2v) is 6.22. The van der Waals surface area contributed by atoms with Gasteiger partial charge in [0.1, 0.15) is 0 Å². The molecule has 4 nitrogen and oxygen atoms in total. The lowest BCUT2D eigenvalue weighted by molar-refractivity contribution is 0.368. The van der Waals surface area contributed by atoms with E-state index in [1.807, 2.05) is 43.9 Å². The predicted octanol–water partition coefficient (Wildman–Crippen LogP) is 3.11. The van der Waals surface area contributed by atoms with E-state index < -0.39 is 6.04 Å². The standard InChI is InChI=1S/C15H20Cl2N4/c1-10-4-5-11(12(16)8-10)14(18)15-13(17)9-19-21(15)7-6-20(2)3/h4-5,8-9,14H,6-7,18H2,1-3H3. The summed E-state index contributed by atoms with van der Waals surface area (Å²) in [6.07, 6.45) is 1.63. The van der Waals surface area contributed by atoms with Gasteiger partial charge in [0.15, 0.2) is 0 Å². The Bertz CT molecular complexity index is 622. The van der Waals surface area contributed by atoms with Gasteiger partial charge in [-0.1, -0.05) is 35.3 Å². The molecule has 0 saturated carbocycles. The lowest BCUT2D eigenvalue weighted by Gasteiger charge is -2.18. The summed E-state index contributed by atoms with van der Waals surface area (Å²) < 4.78 is 1.85. The average molecular weight is 327 g/mol. The van der Waals surface area contributed by atoms with Crippen LogP contribution in [-0.4, -0.2) is 35.3 Å². The van der Waals surface area contributed by atoms with Crippen molar-refractivity contribution in [1.82, 2.24) is 14.7 Å². The van der Waals surface area contributed by atoms with Gasteiger partial charge in [-0.2, -0.15) is 5.10 Å². The fourth-order valence-electron chi connectivity index (χ4n) is 2.19. The highest BCUT2D eigenvalue weighted by molar-refractivity contribution is 6.32. The van der Waals surface area contributed by atoms with Crippen LogP contribution in [0, 0.1) is 6.92 Å². The van der Waals surface area contributed by atoms with Gasteiger partial charge in [0, 0.05) is 11.6 Å². The second kappa shape index (κ2) is 6.79. The van der Waals surface area contributed by atoms with Crippen molar-refractivity contribution in [2.45, 2.75) is 19.5 Å².